The van der Waals surface area contributed by atoms with Gasteiger partial charge in [0.15, 0.2) is 0 Å². The van der Waals surface area contributed by atoms with E-state index in [2.05, 4.69) is 29.7 Å². The van der Waals surface area contributed by atoms with Crippen LogP contribution in [0.4, 0.5) is 0 Å². The van der Waals surface area contributed by atoms with E-state index < -0.39 is 0 Å². The Bertz CT molecular complexity index is 236. The van der Waals surface area contributed by atoms with Crippen molar-refractivity contribution in [2.75, 3.05) is 5.75 Å². The fraction of sp³-hybridized carbons (Fsp3) is 0.222. The number of hydrogen-bond donors (Lipinski definition) is 1. The van der Waals surface area contributed by atoms with Crippen LogP contribution in [0.15, 0.2) is 35.2 Å². The van der Waals surface area contributed by atoms with E-state index in [4.69, 9.17) is 5.73 Å². The van der Waals surface area contributed by atoms with Gasteiger partial charge in [-0.3, -0.25) is 0 Å². The van der Waals surface area contributed by atoms with E-state index in [0.29, 0.717) is 0 Å². The molecule has 0 aliphatic carbocycles. The highest BCUT2D eigenvalue weighted by Crippen LogP contribution is 2.16. The van der Waals surface area contributed by atoms with E-state index >= 15 is 0 Å². The number of nitrogens with two attached hydrogens (primary N) is 1. The molecule has 3 heteroatoms. The fourth-order valence-electron chi connectivity index (χ4n) is 0.737. The Labute approximate surface area is 82.3 Å². The summed E-state index contributed by atoms with van der Waals surface area (Å²) in [6, 6.07) is 10.0. The van der Waals surface area contributed by atoms with Crippen molar-refractivity contribution in [2.24, 2.45) is 5.73 Å². The molecular weight excluding hydrogens is 186 g/mol. The van der Waals surface area contributed by atoms with E-state index in [9.17, 15) is 0 Å². The first-order valence-electron chi connectivity index (χ1n) is 3.64. The minimum absolute atomic E-state index is 0.106. The molecule has 1 aromatic carbocycles. The molecule has 0 bridgehead atoms. The van der Waals surface area contributed by atoms with Crippen molar-refractivity contribution in [2.45, 2.75) is 10.9 Å². The van der Waals surface area contributed by atoms with Gasteiger partial charge in [-0.15, -0.1) is 11.8 Å². The van der Waals surface area contributed by atoms with E-state index in [1.165, 1.54) is 4.90 Å². The van der Waals surface area contributed by atoms with Gasteiger partial charge in [0.2, 0.25) is 0 Å². The Morgan fingerprint density at radius 2 is 2.08 bits per heavy atom. The van der Waals surface area contributed by atoms with Crippen LogP contribution in [0.5, 0.6) is 0 Å². The largest absolute Gasteiger partial charge is 0.323 e. The summed E-state index contributed by atoms with van der Waals surface area (Å²) < 4.78 is 0. The van der Waals surface area contributed by atoms with Gasteiger partial charge in [-0.05, 0) is 12.1 Å². The van der Waals surface area contributed by atoms with E-state index in [1.54, 1.807) is 11.8 Å². The summed E-state index contributed by atoms with van der Waals surface area (Å²) >= 11 is 6.30. The summed E-state index contributed by atoms with van der Waals surface area (Å²) in [6.45, 7) is 0. The maximum absolute atomic E-state index is 5.58. The van der Waals surface area contributed by atoms with Crippen LogP contribution in [0, 0.1) is 0 Å². The Kier molecular flexibility index (Phi) is 4.29. The van der Waals surface area contributed by atoms with Gasteiger partial charge in [-0.2, -0.15) is 0 Å². The summed E-state index contributed by atoms with van der Waals surface area (Å²) in [6.07, 6.45) is 0. The maximum atomic E-state index is 5.58. The van der Waals surface area contributed by atoms with Gasteiger partial charge in [0.1, 0.15) is 0 Å². The molecular formula is C9H10NS2. The number of benzene rings is 1. The van der Waals surface area contributed by atoms with Crippen LogP contribution in [0.25, 0.3) is 0 Å². The zero-order valence-electron chi connectivity index (χ0n) is 6.57. The van der Waals surface area contributed by atoms with Gasteiger partial charge in [-0.1, -0.05) is 30.4 Å². The smallest absolute Gasteiger partial charge is 0.0505 e. The summed E-state index contributed by atoms with van der Waals surface area (Å²) in [7, 11) is 0. The topological polar surface area (TPSA) is 26.0 Å². The van der Waals surface area contributed by atoms with Gasteiger partial charge in [0, 0.05) is 16.0 Å². The lowest BCUT2D eigenvalue weighted by Crippen LogP contribution is -2.23. The lowest BCUT2D eigenvalue weighted by Gasteiger charge is -2.03. The summed E-state index contributed by atoms with van der Waals surface area (Å²) in [5.74, 6) is 0.799. The molecule has 0 fully saturated rings. The van der Waals surface area contributed by atoms with Crippen molar-refractivity contribution in [1.29, 1.82) is 0 Å². The van der Waals surface area contributed by atoms with Crippen molar-refractivity contribution in [3.63, 3.8) is 0 Å². The van der Waals surface area contributed by atoms with Crippen molar-refractivity contribution < 1.29 is 0 Å². The standard InChI is InChI=1S/C9H10NS2/c10-8(6-11)7-12-9-4-2-1-3-5-9/h1-5,8H,7,10H2. The molecule has 1 rings (SSSR count). The molecule has 0 saturated carbocycles. The Morgan fingerprint density at radius 1 is 1.42 bits per heavy atom. The zero-order chi connectivity index (χ0) is 8.81. The first kappa shape index (κ1) is 9.71. The fourth-order valence-corrected chi connectivity index (χ4v) is 1.73. The van der Waals surface area contributed by atoms with Crippen LogP contribution in [0.3, 0.4) is 0 Å². The van der Waals surface area contributed by atoms with E-state index in [1.807, 2.05) is 18.2 Å². The molecule has 0 aliphatic heterocycles. The van der Waals surface area contributed by atoms with Crippen LogP contribution in [0.2, 0.25) is 0 Å². The maximum Gasteiger partial charge on any atom is 0.0505 e. The summed E-state index contributed by atoms with van der Waals surface area (Å²) in [5.41, 5.74) is 5.58. The lowest BCUT2D eigenvalue weighted by molar-refractivity contribution is 1.02. The second-order valence-corrected chi connectivity index (χ2v) is 3.68. The number of thiocarbonyl (C=S) groups is 1. The molecule has 0 saturated heterocycles. The minimum atomic E-state index is -0.106. The summed E-state index contributed by atoms with van der Waals surface area (Å²) in [4.78, 5) is 1.22. The Morgan fingerprint density at radius 3 is 2.67 bits per heavy atom. The molecule has 1 nitrogen and oxygen atoms in total. The Hall–Kier alpha value is -0.380. The summed E-state index contributed by atoms with van der Waals surface area (Å²) in [5, 5.41) is 2.58. The van der Waals surface area contributed by atoms with Crippen molar-refractivity contribution >= 4 is 29.3 Å². The van der Waals surface area contributed by atoms with Crippen LogP contribution >= 0.6 is 24.0 Å². The molecule has 0 amide bonds. The normalized spacial score (nSPS) is 12.4. The van der Waals surface area contributed by atoms with Crippen molar-refractivity contribution in [1.82, 2.24) is 0 Å². The molecule has 0 aromatic heterocycles. The van der Waals surface area contributed by atoms with Gasteiger partial charge >= 0.3 is 0 Å². The Balaban J connectivity index is 2.38. The molecule has 1 unspecified atom stereocenters. The van der Waals surface area contributed by atoms with E-state index in [0.717, 1.165) is 5.75 Å². The number of thioether (sulfide) groups is 1. The number of hydrogen-bond acceptors (Lipinski definition) is 3. The van der Waals surface area contributed by atoms with Gasteiger partial charge in [0.05, 0.1) is 6.04 Å². The molecule has 1 radical (unpaired) electrons. The monoisotopic (exact) mass is 196 g/mol. The van der Waals surface area contributed by atoms with E-state index in [-0.39, 0.29) is 6.04 Å². The lowest BCUT2D eigenvalue weighted by atomic mass is 10.4. The third kappa shape index (κ3) is 3.34. The van der Waals surface area contributed by atoms with Gasteiger partial charge in [-0.25, -0.2) is 0 Å². The predicted octanol–water partition coefficient (Wildman–Crippen LogP) is 1.98. The van der Waals surface area contributed by atoms with Crippen molar-refractivity contribution in [3.05, 3.63) is 30.3 Å². The molecule has 12 heavy (non-hydrogen) atoms. The van der Waals surface area contributed by atoms with Crippen molar-refractivity contribution in [3.8, 4) is 0 Å². The van der Waals surface area contributed by atoms with Crippen LogP contribution in [0.1, 0.15) is 0 Å². The van der Waals surface area contributed by atoms with Crippen LogP contribution < -0.4 is 5.73 Å². The minimum Gasteiger partial charge on any atom is -0.323 e. The number of rotatable bonds is 4. The second-order valence-electron chi connectivity index (χ2n) is 2.35. The quantitative estimate of drug-likeness (QED) is 0.589. The first-order valence-corrected chi connectivity index (χ1v) is 5.03. The molecule has 63 valence electrons. The van der Waals surface area contributed by atoms with Gasteiger partial charge < -0.3 is 5.73 Å². The molecule has 1 atom stereocenters. The average molecular weight is 196 g/mol. The third-order valence-electron chi connectivity index (χ3n) is 1.32. The average Bonchev–Trinajstić information content (AvgIpc) is 2.16. The van der Waals surface area contributed by atoms with Gasteiger partial charge in [0.25, 0.3) is 0 Å². The zero-order valence-corrected chi connectivity index (χ0v) is 8.20. The molecule has 0 aliphatic rings. The molecule has 1 aromatic rings. The highest BCUT2D eigenvalue weighted by Gasteiger charge is 1.98. The molecule has 0 spiro atoms. The van der Waals surface area contributed by atoms with Crippen LogP contribution in [-0.4, -0.2) is 17.2 Å². The highest BCUT2D eigenvalue weighted by molar-refractivity contribution is 7.99. The predicted molar refractivity (Wildman–Crippen MR) is 57.7 cm³/mol. The van der Waals surface area contributed by atoms with Crippen LogP contribution in [-0.2, 0) is 0 Å². The molecule has 2 N–H and O–H groups in total. The second kappa shape index (κ2) is 5.30. The SMILES string of the molecule is NC([C]=S)CSc1ccccc1. The first-order chi connectivity index (χ1) is 5.83. The third-order valence-corrected chi connectivity index (χ3v) is 2.76. The molecule has 0 heterocycles. The highest BCUT2D eigenvalue weighted by atomic mass is 32.2.